The van der Waals surface area contributed by atoms with Gasteiger partial charge in [-0.15, -0.1) is 0 Å². The van der Waals surface area contributed by atoms with Gasteiger partial charge in [0.25, 0.3) is 0 Å². The molecule has 0 aliphatic heterocycles. The fourth-order valence-electron chi connectivity index (χ4n) is 1.59. The number of aliphatic carboxylic acids is 1. The van der Waals surface area contributed by atoms with Crippen LogP contribution in [0.25, 0.3) is 0 Å². The number of rotatable bonds is 5. The zero-order valence-corrected chi connectivity index (χ0v) is 12.4. The van der Waals surface area contributed by atoms with E-state index in [1.807, 2.05) is 31.2 Å². The first-order valence-corrected chi connectivity index (χ1v) is 6.78. The van der Waals surface area contributed by atoms with Crippen molar-refractivity contribution in [3.63, 3.8) is 0 Å². The zero-order valence-electron chi connectivity index (χ0n) is 10.8. The first kappa shape index (κ1) is 15.5. The Hall–Kier alpha value is -1.56. The van der Waals surface area contributed by atoms with Gasteiger partial charge in [0.15, 0.2) is 0 Å². The second-order valence-electron chi connectivity index (χ2n) is 4.19. The van der Waals surface area contributed by atoms with Crippen molar-refractivity contribution in [3.05, 3.63) is 34.3 Å². The lowest BCUT2D eigenvalue weighted by Gasteiger charge is -2.18. The minimum Gasteiger partial charge on any atom is -0.480 e. The molecule has 1 rings (SSSR count). The third kappa shape index (κ3) is 4.90. The van der Waals surface area contributed by atoms with E-state index in [4.69, 9.17) is 5.11 Å². The number of urea groups is 1. The molecule has 6 heteroatoms. The van der Waals surface area contributed by atoms with Crippen LogP contribution in [0.15, 0.2) is 28.7 Å². The predicted molar refractivity (Wildman–Crippen MR) is 75.9 cm³/mol. The minimum absolute atomic E-state index is 0.205. The monoisotopic (exact) mass is 328 g/mol. The summed E-state index contributed by atoms with van der Waals surface area (Å²) in [5, 5.41) is 14.0. The van der Waals surface area contributed by atoms with Crippen LogP contribution in [0.1, 0.15) is 31.9 Å². The molecule has 3 N–H and O–H groups in total. The van der Waals surface area contributed by atoms with E-state index in [1.54, 1.807) is 6.92 Å². The predicted octanol–water partition coefficient (Wildman–Crippen LogP) is 2.67. The maximum atomic E-state index is 11.7. The Morgan fingerprint density at radius 3 is 2.58 bits per heavy atom. The smallest absolute Gasteiger partial charge is 0.326 e. The highest BCUT2D eigenvalue weighted by Crippen LogP contribution is 2.17. The number of carbonyl (C=O) groups excluding carboxylic acids is 1. The van der Waals surface area contributed by atoms with Gasteiger partial charge in [0, 0.05) is 4.47 Å². The van der Waals surface area contributed by atoms with Crippen molar-refractivity contribution in [2.45, 2.75) is 32.4 Å². The molecule has 2 amide bonds. The molecule has 0 radical (unpaired) electrons. The number of benzene rings is 1. The van der Waals surface area contributed by atoms with Crippen LogP contribution < -0.4 is 10.6 Å². The second-order valence-corrected chi connectivity index (χ2v) is 5.11. The fraction of sp³-hybridized carbons (Fsp3) is 0.385. The Balaban J connectivity index is 2.59. The quantitative estimate of drug-likeness (QED) is 0.777. The van der Waals surface area contributed by atoms with E-state index in [9.17, 15) is 9.59 Å². The van der Waals surface area contributed by atoms with E-state index in [0.29, 0.717) is 6.42 Å². The molecule has 104 valence electrons. The van der Waals surface area contributed by atoms with Crippen LogP contribution in [-0.4, -0.2) is 23.1 Å². The normalized spacial score (nSPS) is 13.4. The summed E-state index contributed by atoms with van der Waals surface area (Å²) in [5.41, 5.74) is 0.938. The Morgan fingerprint density at radius 1 is 1.37 bits per heavy atom. The molecule has 0 heterocycles. The molecule has 0 fully saturated rings. The highest BCUT2D eigenvalue weighted by molar-refractivity contribution is 9.10. The molecule has 2 unspecified atom stereocenters. The molecule has 0 saturated heterocycles. The van der Waals surface area contributed by atoms with Crippen molar-refractivity contribution < 1.29 is 14.7 Å². The van der Waals surface area contributed by atoms with Gasteiger partial charge in [-0.2, -0.15) is 0 Å². The van der Waals surface area contributed by atoms with E-state index in [1.165, 1.54) is 0 Å². The van der Waals surface area contributed by atoms with Crippen LogP contribution in [0.2, 0.25) is 0 Å². The molecule has 0 aliphatic carbocycles. The zero-order chi connectivity index (χ0) is 14.4. The second kappa shape index (κ2) is 7.13. The van der Waals surface area contributed by atoms with Crippen LogP contribution in [0.5, 0.6) is 0 Å². The number of carboxylic acids is 1. The van der Waals surface area contributed by atoms with Crippen molar-refractivity contribution in [2.75, 3.05) is 0 Å². The van der Waals surface area contributed by atoms with E-state index in [2.05, 4.69) is 26.6 Å². The Morgan fingerprint density at radius 2 is 2.05 bits per heavy atom. The number of amides is 2. The standard InChI is InChI=1S/C13H17BrN2O3/c1-3-11(12(17)18)16-13(19)15-8(2)9-5-4-6-10(14)7-9/h4-8,11H,3H2,1-2H3,(H,17,18)(H2,15,16,19). The average Bonchev–Trinajstić information content (AvgIpc) is 2.35. The third-order valence-corrected chi connectivity index (χ3v) is 3.20. The molecular weight excluding hydrogens is 312 g/mol. The number of carboxylic acid groups (broad SMARTS) is 1. The highest BCUT2D eigenvalue weighted by Gasteiger charge is 2.18. The van der Waals surface area contributed by atoms with E-state index in [0.717, 1.165) is 10.0 Å². The van der Waals surface area contributed by atoms with Crippen molar-refractivity contribution in [1.82, 2.24) is 10.6 Å². The van der Waals surface area contributed by atoms with Crippen LogP contribution in [0.4, 0.5) is 4.79 Å². The molecule has 5 nitrogen and oxygen atoms in total. The van der Waals surface area contributed by atoms with Gasteiger partial charge in [-0.1, -0.05) is 35.0 Å². The minimum atomic E-state index is -1.03. The highest BCUT2D eigenvalue weighted by atomic mass is 79.9. The summed E-state index contributed by atoms with van der Waals surface area (Å²) in [6.07, 6.45) is 0.341. The summed E-state index contributed by atoms with van der Waals surface area (Å²) in [6, 6.07) is 6.01. The first-order chi connectivity index (χ1) is 8.93. The molecule has 1 aromatic rings. The van der Waals surface area contributed by atoms with Crippen LogP contribution in [0.3, 0.4) is 0 Å². The van der Waals surface area contributed by atoms with Crippen molar-refractivity contribution >= 4 is 27.9 Å². The third-order valence-electron chi connectivity index (χ3n) is 2.71. The summed E-state index contributed by atoms with van der Waals surface area (Å²) >= 11 is 3.36. The lowest BCUT2D eigenvalue weighted by Crippen LogP contribution is -2.46. The van der Waals surface area contributed by atoms with Gasteiger partial charge < -0.3 is 15.7 Å². The summed E-state index contributed by atoms with van der Waals surface area (Å²) in [6.45, 7) is 3.54. The number of nitrogens with one attached hydrogen (secondary N) is 2. The SMILES string of the molecule is CCC(NC(=O)NC(C)c1cccc(Br)c1)C(=O)O. The molecule has 0 aromatic heterocycles. The molecule has 19 heavy (non-hydrogen) atoms. The molecule has 2 atom stereocenters. The number of hydrogen-bond donors (Lipinski definition) is 3. The number of halogens is 1. The van der Waals surface area contributed by atoms with Crippen molar-refractivity contribution in [3.8, 4) is 0 Å². The lowest BCUT2D eigenvalue weighted by molar-refractivity contribution is -0.139. The summed E-state index contributed by atoms with van der Waals surface area (Å²) in [7, 11) is 0. The van der Waals surface area contributed by atoms with Gasteiger partial charge in [-0.05, 0) is 31.0 Å². The summed E-state index contributed by atoms with van der Waals surface area (Å²) < 4.78 is 0.927. The van der Waals surface area contributed by atoms with Crippen LogP contribution in [0, 0.1) is 0 Å². The van der Waals surface area contributed by atoms with Gasteiger partial charge in [-0.25, -0.2) is 9.59 Å². The summed E-state index contributed by atoms with van der Waals surface area (Å²) in [4.78, 5) is 22.5. The molecular formula is C13H17BrN2O3. The largest absolute Gasteiger partial charge is 0.480 e. The first-order valence-electron chi connectivity index (χ1n) is 5.99. The fourth-order valence-corrected chi connectivity index (χ4v) is 2.01. The van der Waals surface area contributed by atoms with Gasteiger partial charge in [0.2, 0.25) is 0 Å². The van der Waals surface area contributed by atoms with Gasteiger partial charge >= 0.3 is 12.0 Å². The molecule has 0 aliphatic rings. The van der Waals surface area contributed by atoms with E-state index >= 15 is 0 Å². The van der Waals surface area contributed by atoms with Crippen molar-refractivity contribution in [2.24, 2.45) is 0 Å². The van der Waals surface area contributed by atoms with E-state index < -0.39 is 18.0 Å². The Bertz CT molecular complexity index is 465. The Labute approximate surface area is 120 Å². The number of carbonyl (C=O) groups is 2. The van der Waals surface area contributed by atoms with E-state index in [-0.39, 0.29) is 6.04 Å². The Kier molecular flexibility index (Phi) is 5.82. The van der Waals surface area contributed by atoms with Gasteiger partial charge in [-0.3, -0.25) is 0 Å². The van der Waals surface area contributed by atoms with Crippen LogP contribution in [-0.2, 0) is 4.79 Å². The van der Waals surface area contributed by atoms with Gasteiger partial charge in [0.1, 0.15) is 6.04 Å². The van der Waals surface area contributed by atoms with Crippen molar-refractivity contribution in [1.29, 1.82) is 0 Å². The summed E-state index contributed by atoms with van der Waals surface area (Å²) in [5.74, 6) is -1.03. The average molecular weight is 329 g/mol. The maximum absolute atomic E-state index is 11.7. The number of hydrogen-bond acceptors (Lipinski definition) is 2. The maximum Gasteiger partial charge on any atom is 0.326 e. The topological polar surface area (TPSA) is 78.4 Å². The molecule has 0 spiro atoms. The van der Waals surface area contributed by atoms with Crippen LogP contribution >= 0.6 is 15.9 Å². The molecule has 1 aromatic carbocycles. The molecule has 0 saturated carbocycles. The lowest BCUT2D eigenvalue weighted by atomic mass is 10.1. The van der Waals surface area contributed by atoms with Gasteiger partial charge in [0.05, 0.1) is 6.04 Å². The molecule has 0 bridgehead atoms.